The maximum absolute atomic E-state index is 12.1. The van der Waals surface area contributed by atoms with Crippen molar-refractivity contribution in [3.05, 3.63) is 16.8 Å². The standard InChI is InChI=1S/C20H26N4O2S/c1-12-16-18(21-11-22-19(16)27-17(12)20(25)26-2)24-9-13-7-14(10-24)15-5-3-4-6-23(15)8-13/h11,13-15H,3-10H2,1-2H3/t13-,14-,15+/m1/s1. The number of rotatable bonds is 2. The highest BCUT2D eigenvalue weighted by atomic mass is 32.1. The zero-order chi connectivity index (χ0) is 18.5. The summed E-state index contributed by atoms with van der Waals surface area (Å²) in [4.78, 5) is 28.0. The van der Waals surface area contributed by atoms with E-state index in [2.05, 4.69) is 19.8 Å². The van der Waals surface area contributed by atoms with Gasteiger partial charge in [0.25, 0.3) is 0 Å². The maximum atomic E-state index is 12.1. The highest BCUT2D eigenvalue weighted by Gasteiger charge is 2.42. The molecule has 144 valence electrons. The van der Waals surface area contributed by atoms with E-state index in [-0.39, 0.29) is 5.97 Å². The van der Waals surface area contributed by atoms with Gasteiger partial charge in [0, 0.05) is 25.7 Å². The number of hydrogen-bond acceptors (Lipinski definition) is 7. The minimum Gasteiger partial charge on any atom is -0.465 e. The van der Waals surface area contributed by atoms with Crippen LogP contribution in [0.1, 0.15) is 40.9 Å². The van der Waals surface area contributed by atoms with Gasteiger partial charge < -0.3 is 9.64 Å². The number of carbonyl (C=O) groups excluding carboxylic acids is 1. The van der Waals surface area contributed by atoms with Crippen molar-refractivity contribution in [2.24, 2.45) is 11.8 Å². The molecular weight excluding hydrogens is 360 g/mol. The molecule has 0 saturated carbocycles. The summed E-state index contributed by atoms with van der Waals surface area (Å²) in [5.41, 5.74) is 0.951. The second-order valence-corrected chi connectivity index (χ2v) is 9.25. The predicted molar refractivity (Wildman–Crippen MR) is 107 cm³/mol. The SMILES string of the molecule is COC(=O)c1sc2ncnc(N3C[C@@H]4C[C@H](C3)[C@@H]3CCCCN3C4)c2c1C. The van der Waals surface area contributed by atoms with Crippen LogP contribution < -0.4 is 4.90 Å². The number of anilines is 1. The summed E-state index contributed by atoms with van der Waals surface area (Å²) in [6.45, 7) is 6.61. The monoisotopic (exact) mass is 386 g/mol. The Morgan fingerprint density at radius 1 is 1.26 bits per heavy atom. The van der Waals surface area contributed by atoms with Crippen molar-refractivity contribution in [1.82, 2.24) is 14.9 Å². The molecule has 2 bridgehead atoms. The van der Waals surface area contributed by atoms with E-state index in [4.69, 9.17) is 4.74 Å². The van der Waals surface area contributed by atoms with E-state index in [0.717, 1.165) is 46.6 Å². The van der Waals surface area contributed by atoms with Crippen LogP contribution in [0.3, 0.4) is 0 Å². The van der Waals surface area contributed by atoms with Crippen LogP contribution in [0.15, 0.2) is 6.33 Å². The molecule has 0 amide bonds. The summed E-state index contributed by atoms with van der Waals surface area (Å²) >= 11 is 1.41. The van der Waals surface area contributed by atoms with Crippen LogP contribution in [0.2, 0.25) is 0 Å². The summed E-state index contributed by atoms with van der Waals surface area (Å²) in [6, 6.07) is 0.740. The van der Waals surface area contributed by atoms with Crippen LogP contribution in [0, 0.1) is 18.8 Å². The Morgan fingerprint density at radius 3 is 3.00 bits per heavy atom. The van der Waals surface area contributed by atoms with E-state index in [0.29, 0.717) is 10.8 Å². The van der Waals surface area contributed by atoms with Gasteiger partial charge in [0.2, 0.25) is 0 Å². The second-order valence-electron chi connectivity index (χ2n) is 8.25. The number of fused-ring (bicyclic) bond motifs is 5. The number of ether oxygens (including phenoxy) is 1. The number of aromatic nitrogens is 2. The van der Waals surface area contributed by atoms with Gasteiger partial charge in [-0.3, -0.25) is 4.90 Å². The third kappa shape index (κ3) is 2.83. The first-order valence-corrected chi connectivity index (χ1v) is 10.8. The molecule has 0 aromatic carbocycles. The molecule has 3 aliphatic heterocycles. The van der Waals surface area contributed by atoms with E-state index >= 15 is 0 Å². The summed E-state index contributed by atoms with van der Waals surface area (Å²) in [6.07, 6.45) is 7.06. The normalized spacial score (nSPS) is 28.2. The topological polar surface area (TPSA) is 58.6 Å². The lowest BCUT2D eigenvalue weighted by atomic mass is 9.76. The van der Waals surface area contributed by atoms with Gasteiger partial charge in [-0.25, -0.2) is 14.8 Å². The molecule has 0 unspecified atom stereocenters. The molecule has 2 aromatic rings. The lowest BCUT2D eigenvalue weighted by molar-refractivity contribution is 0.0185. The number of nitrogens with zero attached hydrogens (tertiary/aromatic N) is 4. The van der Waals surface area contributed by atoms with E-state index in [1.807, 2.05) is 6.92 Å². The molecule has 7 heteroatoms. The largest absolute Gasteiger partial charge is 0.465 e. The van der Waals surface area contributed by atoms with E-state index in [1.54, 1.807) is 6.33 Å². The van der Waals surface area contributed by atoms with Gasteiger partial charge in [0.05, 0.1) is 12.5 Å². The van der Waals surface area contributed by atoms with Gasteiger partial charge in [0.15, 0.2) is 0 Å². The fourth-order valence-electron chi connectivity index (χ4n) is 5.52. The zero-order valence-electron chi connectivity index (χ0n) is 16.0. The van der Waals surface area contributed by atoms with Crippen LogP contribution in [-0.4, -0.2) is 60.2 Å². The molecule has 6 nitrogen and oxygen atoms in total. The Bertz CT molecular complexity index is 882. The third-order valence-corrected chi connectivity index (χ3v) is 7.83. The van der Waals surface area contributed by atoms with Crippen LogP contribution in [-0.2, 0) is 4.74 Å². The minimum absolute atomic E-state index is 0.283. The molecule has 0 aliphatic carbocycles. The molecule has 0 radical (unpaired) electrons. The first-order chi connectivity index (χ1) is 13.2. The number of esters is 1. The number of hydrogen-bond donors (Lipinski definition) is 0. The predicted octanol–water partition coefficient (Wildman–Crippen LogP) is 3.10. The molecule has 0 N–H and O–H groups in total. The van der Waals surface area contributed by atoms with Crippen LogP contribution in [0.5, 0.6) is 0 Å². The van der Waals surface area contributed by atoms with Crippen LogP contribution in [0.25, 0.3) is 10.2 Å². The number of thiophene rings is 1. The van der Waals surface area contributed by atoms with E-state index in [9.17, 15) is 4.79 Å². The Hall–Kier alpha value is -1.73. The molecular formula is C20H26N4O2S. The fourth-order valence-corrected chi connectivity index (χ4v) is 6.58. The molecule has 3 aliphatic rings. The number of aryl methyl sites for hydroxylation is 1. The summed E-state index contributed by atoms with van der Waals surface area (Å²) in [5, 5.41) is 1.03. The smallest absolute Gasteiger partial charge is 0.348 e. The first kappa shape index (κ1) is 17.4. The molecule has 3 fully saturated rings. The van der Waals surface area contributed by atoms with Gasteiger partial charge in [-0.1, -0.05) is 6.42 Å². The number of carbonyl (C=O) groups is 1. The minimum atomic E-state index is -0.283. The van der Waals surface area contributed by atoms with Crippen molar-refractivity contribution in [2.45, 2.75) is 38.6 Å². The van der Waals surface area contributed by atoms with Crippen LogP contribution >= 0.6 is 11.3 Å². The molecule has 27 heavy (non-hydrogen) atoms. The summed E-state index contributed by atoms with van der Waals surface area (Å²) in [7, 11) is 1.43. The van der Waals surface area contributed by atoms with Crippen LogP contribution in [0.4, 0.5) is 5.82 Å². The maximum Gasteiger partial charge on any atom is 0.348 e. The molecule has 5 rings (SSSR count). The molecule has 5 heterocycles. The number of piperidine rings is 3. The molecule has 2 aromatic heterocycles. The first-order valence-electron chi connectivity index (χ1n) is 9.97. The highest BCUT2D eigenvalue weighted by molar-refractivity contribution is 7.20. The Morgan fingerprint density at radius 2 is 2.15 bits per heavy atom. The van der Waals surface area contributed by atoms with Gasteiger partial charge in [-0.15, -0.1) is 11.3 Å². The third-order valence-electron chi connectivity index (χ3n) is 6.65. The van der Waals surface area contributed by atoms with Crippen molar-refractivity contribution in [3.8, 4) is 0 Å². The summed E-state index contributed by atoms with van der Waals surface area (Å²) in [5.74, 6) is 2.15. The van der Waals surface area contributed by atoms with Crippen molar-refractivity contribution in [3.63, 3.8) is 0 Å². The molecule has 3 atom stereocenters. The van der Waals surface area contributed by atoms with Gasteiger partial charge in [-0.2, -0.15) is 0 Å². The lowest BCUT2D eigenvalue weighted by Gasteiger charge is -2.52. The fraction of sp³-hybridized carbons (Fsp3) is 0.650. The average molecular weight is 387 g/mol. The lowest BCUT2D eigenvalue weighted by Crippen LogP contribution is -2.59. The highest BCUT2D eigenvalue weighted by Crippen LogP contribution is 2.41. The zero-order valence-corrected chi connectivity index (χ0v) is 16.8. The molecule has 0 spiro atoms. The van der Waals surface area contributed by atoms with Gasteiger partial charge >= 0.3 is 5.97 Å². The average Bonchev–Trinajstić information content (AvgIpc) is 3.04. The Kier molecular flexibility index (Phi) is 4.31. The summed E-state index contributed by atoms with van der Waals surface area (Å²) < 4.78 is 4.96. The Balaban J connectivity index is 1.51. The number of methoxy groups -OCH3 is 1. The van der Waals surface area contributed by atoms with Gasteiger partial charge in [0.1, 0.15) is 21.9 Å². The van der Waals surface area contributed by atoms with Crippen molar-refractivity contribution >= 4 is 33.3 Å². The quantitative estimate of drug-likeness (QED) is 0.739. The van der Waals surface area contributed by atoms with Crippen molar-refractivity contribution in [1.29, 1.82) is 0 Å². The Labute approximate surface area is 163 Å². The van der Waals surface area contributed by atoms with Crippen molar-refractivity contribution < 1.29 is 9.53 Å². The van der Waals surface area contributed by atoms with E-state index < -0.39 is 0 Å². The second kappa shape index (κ2) is 6.71. The van der Waals surface area contributed by atoms with Gasteiger partial charge in [-0.05, 0) is 50.1 Å². The van der Waals surface area contributed by atoms with E-state index in [1.165, 1.54) is 57.2 Å². The molecule has 3 saturated heterocycles. The van der Waals surface area contributed by atoms with Crippen molar-refractivity contribution in [2.75, 3.05) is 38.2 Å².